The van der Waals surface area contributed by atoms with Crippen molar-refractivity contribution in [3.8, 4) is 0 Å². The fourth-order valence-electron chi connectivity index (χ4n) is 4.54. The van der Waals surface area contributed by atoms with Gasteiger partial charge >= 0.3 is 12.3 Å². The Morgan fingerprint density at radius 2 is 1.72 bits per heavy atom. The maximum atomic E-state index is 13.3. The summed E-state index contributed by atoms with van der Waals surface area (Å²) in [4.78, 5) is 22.4. The number of hydrogen-bond donors (Lipinski definition) is 0. The first-order valence-electron chi connectivity index (χ1n) is 10.7. The van der Waals surface area contributed by atoms with Crippen molar-refractivity contribution in [1.82, 2.24) is 14.7 Å². The highest BCUT2D eigenvalue weighted by Crippen LogP contribution is 2.34. The van der Waals surface area contributed by atoms with Crippen LogP contribution in [0.2, 0.25) is 0 Å². The van der Waals surface area contributed by atoms with E-state index in [0.717, 1.165) is 13.1 Å². The molecule has 0 N–H and O–H groups in total. The molecule has 4 rings (SSSR count). The van der Waals surface area contributed by atoms with Crippen molar-refractivity contribution in [2.24, 2.45) is 10.9 Å². The third-order valence-electron chi connectivity index (χ3n) is 6.59. The van der Waals surface area contributed by atoms with Gasteiger partial charge in [-0.05, 0) is 19.3 Å². The van der Waals surface area contributed by atoms with Crippen LogP contribution in [0.3, 0.4) is 0 Å². The van der Waals surface area contributed by atoms with Crippen molar-refractivity contribution >= 4 is 11.9 Å². The van der Waals surface area contributed by atoms with Crippen LogP contribution in [0.15, 0.2) is 17.3 Å². The minimum Gasteiger partial charge on any atom is -0.446 e. The minimum absolute atomic E-state index is 0.0654. The third-order valence-corrected chi connectivity index (χ3v) is 6.59. The number of alkyl halides is 3. The molecule has 162 valence electrons. The van der Waals surface area contributed by atoms with Crippen LogP contribution in [-0.4, -0.2) is 84.2 Å². The Morgan fingerprint density at radius 1 is 1.03 bits per heavy atom. The Bertz CT molecular complexity index is 647. The summed E-state index contributed by atoms with van der Waals surface area (Å²) in [5.41, 5.74) is 0. The predicted molar refractivity (Wildman–Crippen MR) is 103 cm³/mol. The summed E-state index contributed by atoms with van der Waals surface area (Å²) in [7, 11) is 0. The lowest BCUT2D eigenvalue weighted by Gasteiger charge is -2.43. The van der Waals surface area contributed by atoms with E-state index in [4.69, 9.17) is 4.74 Å². The van der Waals surface area contributed by atoms with E-state index in [1.165, 1.54) is 31.5 Å². The topological polar surface area (TPSA) is 48.4 Å². The summed E-state index contributed by atoms with van der Waals surface area (Å²) in [5, 5.41) is 0. The molecule has 0 spiro atoms. The molecular weight excluding hydrogens is 385 g/mol. The number of likely N-dealkylation sites (tertiary alicyclic amines) is 1. The van der Waals surface area contributed by atoms with E-state index >= 15 is 0 Å². The molecule has 3 aliphatic heterocycles. The number of amidine groups is 1. The molecule has 0 aromatic heterocycles. The van der Waals surface area contributed by atoms with Gasteiger partial charge < -0.3 is 14.5 Å². The summed E-state index contributed by atoms with van der Waals surface area (Å²) >= 11 is 0. The van der Waals surface area contributed by atoms with Crippen molar-refractivity contribution in [2.45, 2.75) is 56.8 Å². The Hall–Kier alpha value is -1.77. The number of amides is 1. The zero-order valence-electron chi connectivity index (χ0n) is 16.6. The van der Waals surface area contributed by atoms with E-state index in [-0.39, 0.29) is 24.5 Å². The van der Waals surface area contributed by atoms with E-state index < -0.39 is 12.1 Å². The SMILES string of the molecule is O=C(OC1CCN(C2=NC=CCC2C(F)(F)F)CC1)N1CCN(C2CCC2)CC1. The molecule has 4 aliphatic rings. The highest BCUT2D eigenvalue weighted by atomic mass is 19.4. The smallest absolute Gasteiger partial charge is 0.410 e. The molecule has 0 aromatic rings. The fraction of sp³-hybridized carbons (Fsp3) is 0.800. The van der Waals surface area contributed by atoms with Crippen molar-refractivity contribution in [1.29, 1.82) is 0 Å². The Labute approximate surface area is 169 Å². The number of piperazine rings is 1. The number of aliphatic imine (C=N–C) groups is 1. The van der Waals surface area contributed by atoms with Crippen LogP contribution in [-0.2, 0) is 4.74 Å². The van der Waals surface area contributed by atoms with Crippen LogP contribution in [0.5, 0.6) is 0 Å². The molecular formula is C20H29F3N4O2. The van der Waals surface area contributed by atoms with Gasteiger partial charge in [0.15, 0.2) is 0 Å². The molecule has 6 nitrogen and oxygen atoms in total. The first-order valence-corrected chi connectivity index (χ1v) is 10.7. The lowest BCUT2D eigenvalue weighted by molar-refractivity contribution is -0.157. The number of carbonyl (C=O) groups excluding carboxylic acids is 1. The highest BCUT2D eigenvalue weighted by molar-refractivity contribution is 5.87. The van der Waals surface area contributed by atoms with Crippen LogP contribution in [0.25, 0.3) is 0 Å². The Morgan fingerprint density at radius 3 is 2.31 bits per heavy atom. The van der Waals surface area contributed by atoms with Crippen molar-refractivity contribution < 1.29 is 22.7 Å². The van der Waals surface area contributed by atoms with Gasteiger partial charge in [0.25, 0.3) is 0 Å². The maximum absolute atomic E-state index is 13.3. The zero-order chi connectivity index (χ0) is 20.4. The number of allylic oxidation sites excluding steroid dienone is 1. The normalized spacial score (nSPS) is 27.6. The van der Waals surface area contributed by atoms with Crippen LogP contribution in [0.1, 0.15) is 38.5 Å². The number of halogens is 3. The van der Waals surface area contributed by atoms with E-state index in [2.05, 4.69) is 9.89 Å². The van der Waals surface area contributed by atoms with Gasteiger partial charge in [-0.2, -0.15) is 13.2 Å². The minimum atomic E-state index is -4.30. The maximum Gasteiger partial charge on any atom is 0.410 e. The number of nitrogens with zero attached hydrogens (tertiary/aromatic N) is 4. The van der Waals surface area contributed by atoms with Crippen LogP contribution < -0.4 is 0 Å². The molecule has 0 aromatic carbocycles. The van der Waals surface area contributed by atoms with E-state index in [1.54, 1.807) is 9.80 Å². The van der Waals surface area contributed by atoms with Crippen molar-refractivity contribution in [3.63, 3.8) is 0 Å². The highest BCUT2D eigenvalue weighted by Gasteiger charge is 2.45. The molecule has 1 saturated carbocycles. The standard InChI is InChI=1S/C20H29F3N4O2/c21-20(22,23)17-5-2-8-24-18(17)26-9-6-16(7-10-26)29-19(28)27-13-11-25(12-14-27)15-3-1-4-15/h2,8,15-17H,1,3-7,9-14H2. The van der Waals surface area contributed by atoms with Gasteiger partial charge in [-0.25, -0.2) is 9.79 Å². The van der Waals surface area contributed by atoms with Gasteiger partial charge in [0.05, 0.1) is 0 Å². The predicted octanol–water partition coefficient (Wildman–Crippen LogP) is 3.25. The van der Waals surface area contributed by atoms with E-state index in [0.29, 0.717) is 45.1 Å². The average Bonchev–Trinajstić information content (AvgIpc) is 2.67. The summed E-state index contributed by atoms with van der Waals surface area (Å²) in [6.45, 7) is 4.00. The van der Waals surface area contributed by atoms with Gasteiger partial charge in [0.1, 0.15) is 17.9 Å². The first-order chi connectivity index (χ1) is 13.9. The average molecular weight is 414 g/mol. The second-order valence-corrected chi connectivity index (χ2v) is 8.38. The molecule has 0 radical (unpaired) electrons. The van der Waals surface area contributed by atoms with Crippen LogP contribution >= 0.6 is 0 Å². The number of carbonyl (C=O) groups is 1. The summed E-state index contributed by atoms with van der Waals surface area (Å²) in [6.07, 6.45) is 2.90. The van der Waals surface area contributed by atoms with Crippen LogP contribution in [0, 0.1) is 5.92 Å². The number of piperidine rings is 1. The van der Waals surface area contributed by atoms with Gasteiger partial charge in [-0.3, -0.25) is 4.90 Å². The molecule has 1 unspecified atom stereocenters. The quantitative estimate of drug-likeness (QED) is 0.696. The molecule has 29 heavy (non-hydrogen) atoms. The van der Waals surface area contributed by atoms with Crippen molar-refractivity contribution in [2.75, 3.05) is 39.3 Å². The number of hydrogen-bond acceptors (Lipinski definition) is 5. The van der Waals surface area contributed by atoms with Gasteiger partial charge in [-0.15, -0.1) is 0 Å². The fourth-order valence-corrected chi connectivity index (χ4v) is 4.54. The number of rotatable bonds is 2. The van der Waals surface area contributed by atoms with Gasteiger partial charge in [0, 0.05) is 64.4 Å². The van der Waals surface area contributed by atoms with Gasteiger partial charge in [-0.1, -0.05) is 12.5 Å². The lowest BCUT2D eigenvalue weighted by atomic mass is 9.91. The summed E-state index contributed by atoms with van der Waals surface area (Å²) in [6, 6.07) is 0.690. The molecule has 0 bridgehead atoms. The first kappa shape index (κ1) is 20.5. The largest absolute Gasteiger partial charge is 0.446 e. The monoisotopic (exact) mass is 414 g/mol. The Balaban J connectivity index is 1.23. The second kappa shape index (κ2) is 8.53. The Kier molecular flexibility index (Phi) is 6.03. The molecule has 9 heteroatoms. The molecule has 1 amide bonds. The zero-order valence-corrected chi connectivity index (χ0v) is 16.6. The van der Waals surface area contributed by atoms with Gasteiger partial charge in [0.2, 0.25) is 0 Å². The molecule has 1 aliphatic carbocycles. The van der Waals surface area contributed by atoms with E-state index in [1.807, 2.05) is 0 Å². The lowest BCUT2D eigenvalue weighted by Crippen LogP contribution is -2.54. The molecule has 3 fully saturated rings. The molecule has 3 heterocycles. The third kappa shape index (κ3) is 4.70. The second-order valence-electron chi connectivity index (χ2n) is 8.38. The summed E-state index contributed by atoms with van der Waals surface area (Å²) < 4.78 is 45.5. The van der Waals surface area contributed by atoms with E-state index in [9.17, 15) is 18.0 Å². The summed E-state index contributed by atoms with van der Waals surface area (Å²) in [5.74, 6) is -1.45. The molecule has 2 saturated heterocycles. The van der Waals surface area contributed by atoms with Crippen LogP contribution in [0.4, 0.5) is 18.0 Å². The molecule has 1 atom stereocenters. The van der Waals surface area contributed by atoms with Crippen molar-refractivity contribution in [3.05, 3.63) is 12.3 Å². The number of ether oxygens (including phenoxy) is 1.